The predicted octanol–water partition coefficient (Wildman–Crippen LogP) is -0.453. The number of aromatic amines is 1. The molecule has 0 spiro atoms. The molecule has 0 aliphatic carbocycles. The minimum absolute atomic E-state index is 0.0908. The number of amides is 2. The molecule has 1 heterocycles. The van der Waals surface area contributed by atoms with Gasteiger partial charge in [-0.05, 0) is 0 Å². The molecule has 0 fully saturated rings. The van der Waals surface area contributed by atoms with Crippen molar-refractivity contribution < 1.29 is 9.59 Å². The molecule has 16 heavy (non-hydrogen) atoms. The summed E-state index contributed by atoms with van der Waals surface area (Å²) < 4.78 is 0. The minimum atomic E-state index is -0.163. The molecule has 0 saturated heterocycles. The molecule has 1 aromatic heterocycles. The second-order valence-electron chi connectivity index (χ2n) is 3.51. The van der Waals surface area contributed by atoms with E-state index in [0.29, 0.717) is 13.0 Å². The summed E-state index contributed by atoms with van der Waals surface area (Å²) >= 11 is 0. The second kappa shape index (κ2) is 5.89. The van der Waals surface area contributed by atoms with Crippen molar-refractivity contribution in [2.24, 2.45) is 0 Å². The van der Waals surface area contributed by atoms with Crippen LogP contribution in [-0.4, -0.2) is 46.8 Å². The molecule has 0 aliphatic rings. The highest BCUT2D eigenvalue weighted by Gasteiger charge is 2.07. The Morgan fingerprint density at radius 2 is 2.31 bits per heavy atom. The first-order chi connectivity index (χ1) is 7.59. The molecule has 6 nitrogen and oxygen atoms in total. The average Bonchev–Trinajstić information content (AvgIpc) is 2.70. The van der Waals surface area contributed by atoms with Crippen LogP contribution in [0.15, 0.2) is 12.4 Å². The van der Waals surface area contributed by atoms with Gasteiger partial charge in [0.15, 0.2) is 0 Å². The highest BCUT2D eigenvalue weighted by atomic mass is 16.2. The first-order valence-electron chi connectivity index (χ1n) is 5.06. The number of carbonyl (C=O) groups excluding carboxylic acids is 2. The number of rotatable bonds is 5. The molecule has 0 saturated carbocycles. The van der Waals surface area contributed by atoms with Crippen molar-refractivity contribution in [2.75, 3.05) is 20.1 Å². The molecule has 0 aliphatic heterocycles. The first kappa shape index (κ1) is 12.2. The largest absolute Gasteiger partial charge is 0.354 e. The van der Waals surface area contributed by atoms with Gasteiger partial charge in [-0.15, -0.1) is 0 Å². The monoisotopic (exact) mass is 224 g/mol. The van der Waals surface area contributed by atoms with Gasteiger partial charge in [0, 0.05) is 39.3 Å². The molecular weight excluding hydrogens is 208 g/mol. The van der Waals surface area contributed by atoms with Gasteiger partial charge in [0.05, 0.1) is 6.54 Å². The highest BCUT2D eigenvalue weighted by Crippen LogP contribution is 1.88. The van der Waals surface area contributed by atoms with Crippen molar-refractivity contribution >= 4 is 11.8 Å². The van der Waals surface area contributed by atoms with Gasteiger partial charge in [0.25, 0.3) is 0 Å². The Morgan fingerprint density at radius 1 is 1.56 bits per heavy atom. The van der Waals surface area contributed by atoms with Crippen LogP contribution < -0.4 is 5.32 Å². The Balaban J connectivity index is 2.18. The predicted molar refractivity (Wildman–Crippen MR) is 58.6 cm³/mol. The summed E-state index contributed by atoms with van der Waals surface area (Å²) in [5.74, 6) is 0.547. The van der Waals surface area contributed by atoms with E-state index in [4.69, 9.17) is 0 Å². The Kier molecular flexibility index (Phi) is 4.50. The SMILES string of the molecule is CC(=O)N(C)CC(=O)NCCc1ncc[nH]1. The topological polar surface area (TPSA) is 78.1 Å². The molecule has 0 radical (unpaired) electrons. The van der Waals surface area contributed by atoms with Crippen LogP contribution in [0.1, 0.15) is 12.7 Å². The Morgan fingerprint density at radius 3 is 2.88 bits per heavy atom. The van der Waals surface area contributed by atoms with Gasteiger partial charge in [0.1, 0.15) is 5.82 Å². The number of aromatic nitrogens is 2. The summed E-state index contributed by atoms with van der Waals surface area (Å²) in [7, 11) is 1.59. The third-order valence-electron chi connectivity index (χ3n) is 2.16. The van der Waals surface area contributed by atoms with Crippen LogP contribution in [0.25, 0.3) is 0 Å². The van der Waals surface area contributed by atoms with Gasteiger partial charge in [-0.2, -0.15) is 0 Å². The molecule has 2 N–H and O–H groups in total. The number of hydrogen-bond donors (Lipinski definition) is 2. The fourth-order valence-corrected chi connectivity index (χ4v) is 1.14. The Labute approximate surface area is 94.0 Å². The normalized spacial score (nSPS) is 9.88. The van der Waals surface area contributed by atoms with Crippen molar-refractivity contribution in [3.63, 3.8) is 0 Å². The Hall–Kier alpha value is -1.85. The lowest BCUT2D eigenvalue weighted by molar-refractivity contribution is -0.133. The van der Waals surface area contributed by atoms with E-state index in [2.05, 4.69) is 15.3 Å². The van der Waals surface area contributed by atoms with E-state index in [1.54, 1.807) is 19.4 Å². The van der Waals surface area contributed by atoms with Crippen molar-refractivity contribution in [3.8, 4) is 0 Å². The van der Waals surface area contributed by atoms with Crippen LogP contribution in [0.5, 0.6) is 0 Å². The summed E-state index contributed by atoms with van der Waals surface area (Å²) in [5, 5.41) is 2.71. The van der Waals surface area contributed by atoms with Crippen LogP contribution in [-0.2, 0) is 16.0 Å². The number of nitrogens with zero attached hydrogens (tertiary/aromatic N) is 2. The first-order valence-corrected chi connectivity index (χ1v) is 5.06. The van der Waals surface area contributed by atoms with E-state index in [1.165, 1.54) is 11.8 Å². The fourth-order valence-electron chi connectivity index (χ4n) is 1.14. The minimum Gasteiger partial charge on any atom is -0.354 e. The smallest absolute Gasteiger partial charge is 0.239 e. The zero-order valence-electron chi connectivity index (χ0n) is 9.49. The summed E-state index contributed by atoms with van der Waals surface area (Å²) in [4.78, 5) is 30.6. The summed E-state index contributed by atoms with van der Waals surface area (Å²) in [6.45, 7) is 2.03. The maximum atomic E-state index is 11.4. The number of imidazole rings is 1. The molecule has 1 aromatic rings. The molecule has 0 bridgehead atoms. The molecule has 0 unspecified atom stereocenters. The maximum absolute atomic E-state index is 11.4. The van der Waals surface area contributed by atoms with Gasteiger partial charge in [-0.1, -0.05) is 0 Å². The van der Waals surface area contributed by atoms with Gasteiger partial charge in [-0.3, -0.25) is 9.59 Å². The van der Waals surface area contributed by atoms with Crippen molar-refractivity contribution in [2.45, 2.75) is 13.3 Å². The van der Waals surface area contributed by atoms with Crippen molar-refractivity contribution in [3.05, 3.63) is 18.2 Å². The molecular formula is C10H16N4O2. The maximum Gasteiger partial charge on any atom is 0.239 e. The number of H-pyrrole nitrogens is 1. The van der Waals surface area contributed by atoms with Crippen LogP contribution in [0.2, 0.25) is 0 Å². The zero-order chi connectivity index (χ0) is 12.0. The third-order valence-corrected chi connectivity index (χ3v) is 2.16. The quantitative estimate of drug-likeness (QED) is 0.711. The number of likely N-dealkylation sites (N-methyl/N-ethyl adjacent to an activating group) is 1. The van der Waals surface area contributed by atoms with Crippen molar-refractivity contribution in [1.82, 2.24) is 20.2 Å². The second-order valence-corrected chi connectivity index (χ2v) is 3.51. The van der Waals surface area contributed by atoms with Crippen molar-refractivity contribution in [1.29, 1.82) is 0 Å². The van der Waals surface area contributed by atoms with Gasteiger partial charge >= 0.3 is 0 Å². The summed E-state index contributed by atoms with van der Waals surface area (Å²) in [5.41, 5.74) is 0. The zero-order valence-corrected chi connectivity index (χ0v) is 9.49. The van der Waals surface area contributed by atoms with Crippen LogP contribution in [0.4, 0.5) is 0 Å². The average molecular weight is 224 g/mol. The van der Waals surface area contributed by atoms with E-state index >= 15 is 0 Å². The van der Waals surface area contributed by atoms with Crippen LogP contribution in [0, 0.1) is 0 Å². The van der Waals surface area contributed by atoms with E-state index in [0.717, 1.165) is 5.82 Å². The van der Waals surface area contributed by atoms with Crippen LogP contribution >= 0.6 is 0 Å². The molecule has 0 aromatic carbocycles. The molecule has 2 amide bonds. The molecule has 88 valence electrons. The lowest BCUT2D eigenvalue weighted by atomic mass is 10.4. The lowest BCUT2D eigenvalue weighted by Crippen LogP contribution is -2.38. The summed E-state index contributed by atoms with van der Waals surface area (Å²) in [6.07, 6.45) is 4.06. The number of nitrogens with one attached hydrogen (secondary N) is 2. The van der Waals surface area contributed by atoms with Gasteiger partial charge < -0.3 is 15.2 Å². The molecule has 1 rings (SSSR count). The standard InChI is InChI=1S/C10H16N4O2/c1-8(15)14(2)7-10(16)13-4-3-9-11-5-6-12-9/h5-6H,3-4,7H2,1-2H3,(H,11,12)(H,13,16). The van der Waals surface area contributed by atoms with Gasteiger partial charge in [-0.25, -0.2) is 4.98 Å². The number of hydrogen-bond acceptors (Lipinski definition) is 3. The van der Waals surface area contributed by atoms with E-state index in [-0.39, 0.29) is 18.4 Å². The summed E-state index contributed by atoms with van der Waals surface area (Å²) in [6, 6.07) is 0. The number of carbonyl (C=O) groups is 2. The van der Waals surface area contributed by atoms with E-state index in [1.807, 2.05) is 0 Å². The lowest BCUT2D eigenvalue weighted by Gasteiger charge is -2.13. The van der Waals surface area contributed by atoms with Crippen LogP contribution in [0.3, 0.4) is 0 Å². The van der Waals surface area contributed by atoms with E-state index < -0.39 is 0 Å². The Bertz CT molecular complexity index is 348. The fraction of sp³-hybridized carbons (Fsp3) is 0.500. The molecule has 0 atom stereocenters. The third kappa shape index (κ3) is 4.12. The molecule has 6 heteroatoms. The van der Waals surface area contributed by atoms with Gasteiger partial charge in [0.2, 0.25) is 11.8 Å². The van der Waals surface area contributed by atoms with E-state index in [9.17, 15) is 9.59 Å². The highest BCUT2D eigenvalue weighted by molar-refractivity contribution is 5.83.